The molecule has 1 heterocycles. The van der Waals surface area contributed by atoms with Crippen LogP contribution in [0.3, 0.4) is 0 Å². The summed E-state index contributed by atoms with van der Waals surface area (Å²) in [5.41, 5.74) is 4.69. The molecule has 1 aromatic heterocycles. The van der Waals surface area contributed by atoms with Crippen LogP contribution in [0.5, 0.6) is 0 Å². The largest absolute Gasteiger partial charge is 0.455 e. The third-order valence-electron chi connectivity index (χ3n) is 5.36. The Morgan fingerprint density at radius 2 is 1.67 bits per heavy atom. The fourth-order valence-corrected chi connectivity index (χ4v) is 4.70. The maximum Gasteiger partial charge on any atom is 0.242 e. The molecule has 0 aliphatic heterocycles. The van der Waals surface area contributed by atoms with Gasteiger partial charge >= 0.3 is 0 Å². The summed E-state index contributed by atoms with van der Waals surface area (Å²) in [7, 11) is -3.87. The van der Waals surface area contributed by atoms with Gasteiger partial charge < -0.3 is 4.42 Å². The summed E-state index contributed by atoms with van der Waals surface area (Å²) in [6.07, 6.45) is 1.16. The van der Waals surface area contributed by atoms with Gasteiger partial charge in [0.15, 0.2) is 0 Å². The summed E-state index contributed by atoms with van der Waals surface area (Å²) in [4.78, 5) is 12.7. The average molecular weight is 506 g/mol. The smallest absolute Gasteiger partial charge is 0.242 e. The second-order valence-corrected chi connectivity index (χ2v) is 9.82. The molecule has 4 rings (SSSR count). The number of hydrogen-bond donors (Lipinski definition) is 2. The van der Waals surface area contributed by atoms with Crippen LogP contribution in [0.25, 0.3) is 11.3 Å². The van der Waals surface area contributed by atoms with Crippen LogP contribution in [0, 0.1) is 12.7 Å². The quantitative estimate of drug-likeness (QED) is 0.248. The highest BCUT2D eigenvalue weighted by atomic mass is 32.2. The van der Waals surface area contributed by atoms with Gasteiger partial charge in [-0.25, -0.2) is 23.0 Å². The molecule has 0 aliphatic carbocycles. The first-order valence-electron chi connectivity index (χ1n) is 11.1. The van der Waals surface area contributed by atoms with Gasteiger partial charge in [-0.1, -0.05) is 48.0 Å². The Morgan fingerprint density at radius 1 is 0.972 bits per heavy atom. The first-order valence-corrected chi connectivity index (χ1v) is 12.6. The van der Waals surface area contributed by atoms with Crippen molar-refractivity contribution in [2.45, 2.75) is 24.3 Å². The molecule has 0 bridgehead atoms. The van der Waals surface area contributed by atoms with Gasteiger partial charge in [0.05, 0.1) is 17.2 Å². The number of carbonyl (C=O) groups excluding carboxylic acids is 1. The summed E-state index contributed by atoms with van der Waals surface area (Å²) >= 11 is 0. The summed E-state index contributed by atoms with van der Waals surface area (Å²) in [5.74, 6) is 0.0773. The van der Waals surface area contributed by atoms with Crippen LogP contribution in [0.4, 0.5) is 4.39 Å². The summed E-state index contributed by atoms with van der Waals surface area (Å²) < 4.78 is 47.3. The topological polar surface area (TPSA) is 101 Å². The number of rotatable bonds is 9. The lowest BCUT2D eigenvalue weighted by molar-refractivity contribution is -0.121. The van der Waals surface area contributed by atoms with E-state index in [-0.39, 0.29) is 17.1 Å². The minimum absolute atomic E-state index is 0.113. The second-order valence-electron chi connectivity index (χ2n) is 8.10. The molecule has 2 N–H and O–H groups in total. The molecule has 0 radical (unpaired) electrons. The number of hydrogen-bond acceptors (Lipinski definition) is 5. The van der Waals surface area contributed by atoms with Crippen LogP contribution in [0.1, 0.15) is 29.3 Å². The predicted octanol–water partition coefficient (Wildman–Crippen LogP) is 4.95. The van der Waals surface area contributed by atoms with E-state index in [9.17, 15) is 17.6 Å². The summed E-state index contributed by atoms with van der Waals surface area (Å²) in [6, 6.07) is 23.7. The van der Waals surface area contributed by atoms with E-state index in [1.807, 2.05) is 13.0 Å². The molecule has 0 fully saturated rings. The Kier molecular flexibility index (Phi) is 7.72. The van der Waals surface area contributed by atoms with Crippen LogP contribution >= 0.6 is 0 Å². The monoisotopic (exact) mass is 505 g/mol. The first-order chi connectivity index (χ1) is 17.3. The van der Waals surface area contributed by atoms with Crippen molar-refractivity contribution in [3.05, 3.63) is 114 Å². The van der Waals surface area contributed by atoms with E-state index in [1.165, 1.54) is 30.5 Å². The third-order valence-corrected chi connectivity index (χ3v) is 6.84. The molecule has 7 nitrogen and oxygen atoms in total. The van der Waals surface area contributed by atoms with Gasteiger partial charge in [0.2, 0.25) is 15.9 Å². The van der Waals surface area contributed by atoms with Crippen LogP contribution in [0.2, 0.25) is 0 Å². The number of nitrogens with one attached hydrogen (secondary N) is 2. The maximum absolute atomic E-state index is 13.1. The molecule has 184 valence electrons. The molecule has 9 heteroatoms. The molecule has 0 saturated carbocycles. The zero-order valence-electron chi connectivity index (χ0n) is 19.4. The van der Waals surface area contributed by atoms with Crippen LogP contribution < -0.4 is 10.1 Å². The van der Waals surface area contributed by atoms with Gasteiger partial charge in [-0.2, -0.15) is 5.10 Å². The third kappa shape index (κ3) is 6.53. The molecule has 1 atom stereocenters. The lowest BCUT2D eigenvalue weighted by Crippen LogP contribution is -2.32. The van der Waals surface area contributed by atoms with Crippen molar-refractivity contribution in [1.29, 1.82) is 0 Å². The minimum atomic E-state index is -3.87. The highest BCUT2D eigenvalue weighted by Crippen LogP contribution is 2.22. The number of halogens is 1. The number of benzene rings is 3. The Morgan fingerprint density at radius 3 is 2.36 bits per heavy atom. The molecular weight excluding hydrogens is 481 g/mol. The number of carbonyl (C=O) groups is 1. The summed E-state index contributed by atoms with van der Waals surface area (Å²) in [5, 5.41) is 3.92. The zero-order chi connectivity index (χ0) is 25.5. The van der Waals surface area contributed by atoms with Gasteiger partial charge in [-0.3, -0.25) is 4.79 Å². The van der Waals surface area contributed by atoms with E-state index in [0.717, 1.165) is 5.56 Å². The summed E-state index contributed by atoms with van der Waals surface area (Å²) in [6.45, 7) is 1.87. The molecule has 1 amide bonds. The molecule has 0 aliphatic rings. The van der Waals surface area contributed by atoms with Crippen molar-refractivity contribution >= 4 is 22.1 Å². The number of aryl methyl sites for hydroxylation is 1. The van der Waals surface area contributed by atoms with Crippen LogP contribution in [-0.4, -0.2) is 20.5 Å². The minimum Gasteiger partial charge on any atom is -0.455 e. The Bertz CT molecular complexity index is 1450. The van der Waals surface area contributed by atoms with Crippen molar-refractivity contribution in [2.75, 3.05) is 0 Å². The van der Waals surface area contributed by atoms with Crippen LogP contribution in [-0.2, 0) is 14.8 Å². The van der Waals surface area contributed by atoms with E-state index >= 15 is 0 Å². The lowest BCUT2D eigenvalue weighted by Gasteiger charge is -2.18. The normalized spacial score (nSPS) is 12.5. The Labute approximate surface area is 208 Å². The van der Waals surface area contributed by atoms with E-state index in [1.54, 1.807) is 60.7 Å². The van der Waals surface area contributed by atoms with Gasteiger partial charge in [-0.15, -0.1) is 0 Å². The predicted molar refractivity (Wildman–Crippen MR) is 135 cm³/mol. The van der Waals surface area contributed by atoms with Crippen molar-refractivity contribution < 1.29 is 22.0 Å². The van der Waals surface area contributed by atoms with Crippen molar-refractivity contribution in [2.24, 2.45) is 5.10 Å². The number of hydrazone groups is 1. The average Bonchev–Trinajstić information content (AvgIpc) is 3.34. The van der Waals surface area contributed by atoms with Crippen LogP contribution in [0.15, 0.2) is 105 Å². The lowest BCUT2D eigenvalue weighted by atomic mass is 10.0. The van der Waals surface area contributed by atoms with E-state index in [2.05, 4.69) is 15.2 Å². The number of amides is 1. The van der Waals surface area contributed by atoms with E-state index in [4.69, 9.17) is 4.42 Å². The fraction of sp³-hybridized carbons (Fsp3) is 0.111. The molecule has 4 aromatic rings. The molecule has 0 spiro atoms. The van der Waals surface area contributed by atoms with Crippen molar-refractivity contribution in [3.8, 4) is 11.3 Å². The molecule has 3 aromatic carbocycles. The SMILES string of the molecule is Cc1ccc(S(=O)(=O)N[C@@H](CC(=O)N/N=C\c2ccc(-c3ccc(F)cc3)o2)c2ccccc2)cc1. The standard InChI is InChI=1S/C27H24FN3O4S/c1-19-7-14-24(15-8-19)36(33,34)31-25(20-5-3-2-4-6-20)17-27(32)30-29-18-23-13-16-26(35-23)21-9-11-22(28)12-10-21/h2-16,18,25,31H,17H2,1H3,(H,30,32)/b29-18-/t25-/m0/s1. The fourth-order valence-electron chi connectivity index (χ4n) is 3.48. The van der Waals surface area contributed by atoms with Gasteiger partial charge in [0, 0.05) is 12.0 Å². The highest BCUT2D eigenvalue weighted by molar-refractivity contribution is 7.89. The van der Waals surface area contributed by atoms with Crippen molar-refractivity contribution in [3.63, 3.8) is 0 Å². The van der Waals surface area contributed by atoms with Gasteiger partial charge in [0.1, 0.15) is 17.3 Å². The van der Waals surface area contributed by atoms with Gasteiger partial charge in [-0.05, 0) is 61.0 Å². The number of sulfonamides is 1. The second kappa shape index (κ2) is 11.1. The zero-order valence-corrected chi connectivity index (χ0v) is 20.2. The molecule has 0 saturated heterocycles. The van der Waals surface area contributed by atoms with Gasteiger partial charge in [0.25, 0.3) is 0 Å². The number of furan rings is 1. The Hall–Kier alpha value is -4.08. The number of nitrogens with zero attached hydrogens (tertiary/aromatic N) is 1. The first kappa shape index (κ1) is 25.0. The Balaban J connectivity index is 1.42. The highest BCUT2D eigenvalue weighted by Gasteiger charge is 2.23. The molecular formula is C27H24FN3O4S. The molecule has 0 unspecified atom stereocenters. The van der Waals surface area contributed by atoms with E-state index < -0.39 is 22.0 Å². The van der Waals surface area contributed by atoms with E-state index in [0.29, 0.717) is 22.6 Å². The maximum atomic E-state index is 13.1. The molecule has 36 heavy (non-hydrogen) atoms. The van der Waals surface area contributed by atoms with Crippen molar-refractivity contribution in [1.82, 2.24) is 10.1 Å².